The molecule has 0 radical (unpaired) electrons. The second-order valence-corrected chi connectivity index (χ2v) is 5.63. The van der Waals surface area contributed by atoms with Crippen LogP contribution in [-0.2, 0) is 6.54 Å². The summed E-state index contributed by atoms with van der Waals surface area (Å²) in [5, 5.41) is 1.11. The Morgan fingerprint density at radius 3 is 2.42 bits per heavy atom. The molecule has 2 rings (SSSR count). The second kappa shape index (κ2) is 6.42. The standard InChI is InChI=1S/C14H10BrCl2NO/c15-18(14(19)10-4-2-1-3-5-10)9-11-6-7-12(16)8-13(11)17/h1-8H,9H2. The first-order valence-corrected chi connectivity index (χ1v) is 7.01. The smallest absolute Gasteiger partial charge is 0.264 e. The summed E-state index contributed by atoms with van der Waals surface area (Å²) in [5.41, 5.74) is 1.44. The fourth-order valence-electron chi connectivity index (χ4n) is 1.59. The summed E-state index contributed by atoms with van der Waals surface area (Å²) in [5.74, 6) is -0.119. The van der Waals surface area contributed by atoms with E-state index in [1.54, 1.807) is 30.3 Å². The van der Waals surface area contributed by atoms with Crippen LogP contribution in [0.25, 0.3) is 0 Å². The molecular formula is C14H10BrCl2NO. The van der Waals surface area contributed by atoms with Gasteiger partial charge in [0.15, 0.2) is 0 Å². The molecule has 2 aromatic rings. The van der Waals surface area contributed by atoms with Crippen LogP contribution in [0.2, 0.25) is 10.0 Å². The minimum Gasteiger partial charge on any atom is -0.270 e. The Hall–Kier alpha value is -1.03. The van der Waals surface area contributed by atoms with Crippen molar-refractivity contribution in [1.82, 2.24) is 3.93 Å². The van der Waals surface area contributed by atoms with Crippen LogP contribution < -0.4 is 0 Å². The third kappa shape index (κ3) is 3.72. The van der Waals surface area contributed by atoms with E-state index in [1.807, 2.05) is 18.2 Å². The van der Waals surface area contributed by atoms with Crippen LogP contribution in [0, 0.1) is 0 Å². The fourth-order valence-corrected chi connectivity index (χ4v) is 2.54. The number of halogens is 3. The number of hydrogen-bond acceptors (Lipinski definition) is 1. The van der Waals surface area contributed by atoms with Gasteiger partial charge in [0, 0.05) is 15.6 Å². The maximum atomic E-state index is 12.1. The molecule has 19 heavy (non-hydrogen) atoms. The van der Waals surface area contributed by atoms with Gasteiger partial charge in [-0.15, -0.1) is 0 Å². The lowest BCUT2D eigenvalue weighted by Crippen LogP contribution is -2.20. The molecular weight excluding hydrogens is 349 g/mol. The molecule has 0 spiro atoms. The van der Waals surface area contributed by atoms with Gasteiger partial charge in [0.2, 0.25) is 0 Å². The molecule has 0 atom stereocenters. The van der Waals surface area contributed by atoms with E-state index in [0.29, 0.717) is 22.2 Å². The number of carbonyl (C=O) groups excluding carboxylic acids is 1. The summed E-state index contributed by atoms with van der Waals surface area (Å²) in [6.45, 7) is 0.365. The Labute approximate surface area is 130 Å². The van der Waals surface area contributed by atoms with Crippen LogP contribution in [-0.4, -0.2) is 9.83 Å². The number of hydrogen-bond donors (Lipinski definition) is 0. The van der Waals surface area contributed by atoms with Crippen molar-refractivity contribution in [2.24, 2.45) is 0 Å². The van der Waals surface area contributed by atoms with Gasteiger partial charge in [0.1, 0.15) is 0 Å². The number of benzene rings is 2. The van der Waals surface area contributed by atoms with Gasteiger partial charge in [0.05, 0.1) is 22.7 Å². The highest BCUT2D eigenvalue weighted by Crippen LogP contribution is 2.24. The third-order valence-corrected chi connectivity index (χ3v) is 3.73. The van der Waals surface area contributed by atoms with Gasteiger partial charge in [-0.1, -0.05) is 47.5 Å². The van der Waals surface area contributed by atoms with E-state index in [0.717, 1.165) is 5.56 Å². The molecule has 0 heterocycles. The average Bonchev–Trinajstić information content (AvgIpc) is 2.42. The summed E-state index contributed by atoms with van der Waals surface area (Å²) in [6.07, 6.45) is 0. The Balaban J connectivity index is 2.13. The van der Waals surface area contributed by atoms with Crippen LogP contribution in [0.3, 0.4) is 0 Å². The van der Waals surface area contributed by atoms with E-state index in [4.69, 9.17) is 23.2 Å². The lowest BCUT2D eigenvalue weighted by molar-refractivity contribution is 0.0873. The van der Waals surface area contributed by atoms with Gasteiger partial charge in [-0.05, 0) is 29.8 Å². The molecule has 0 fully saturated rings. The van der Waals surface area contributed by atoms with Gasteiger partial charge in [-0.25, -0.2) is 0 Å². The minimum atomic E-state index is -0.119. The molecule has 0 bridgehead atoms. The summed E-state index contributed by atoms with van der Waals surface area (Å²) in [4.78, 5) is 12.1. The van der Waals surface area contributed by atoms with Crippen molar-refractivity contribution in [2.75, 3.05) is 0 Å². The molecule has 0 N–H and O–H groups in total. The predicted octanol–water partition coefficient (Wildman–Crippen LogP) is 4.95. The monoisotopic (exact) mass is 357 g/mol. The Kier molecular flexibility index (Phi) is 4.86. The topological polar surface area (TPSA) is 20.3 Å². The summed E-state index contributed by atoms with van der Waals surface area (Å²) >= 11 is 15.2. The zero-order valence-corrected chi connectivity index (χ0v) is 12.9. The molecule has 5 heteroatoms. The molecule has 0 aromatic heterocycles. The Morgan fingerprint density at radius 1 is 1.11 bits per heavy atom. The molecule has 1 amide bonds. The van der Waals surface area contributed by atoms with E-state index < -0.39 is 0 Å². The molecule has 0 aliphatic rings. The zero-order valence-electron chi connectivity index (χ0n) is 9.82. The van der Waals surface area contributed by atoms with Crippen molar-refractivity contribution in [3.05, 3.63) is 69.7 Å². The summed E-state index contributed by atoms with van der Waals surface area (Å²) in [6, 6.07) is 14.2. The molecule has 0 aliphatic heterocycles. The minimum absolute atomic E-state index is 0.119. The molecule has 2 aromatic carbocycles. The highest BCUT2D eigenvalue weighted by Gasteiger charge is 2.14. The Bertz CT molecular complexity index is 589. The van der Waals surface area contributed by atoms with Gasteiger partial charge in [-0.3, -0.25) is 8.72 Å². The Morgan fingerprint density at radius 2 is 1.79 bits per heavy atom. The predicted molar refractivity (Wildman–Crippen MR) is 81.7 cm³/mol. The van der Waals surface area contributed by atoms with Crippen LogP contribution in [0.1, 0.15) is 15.9 Å². The SMILES string of the molecule is O=C(c1ccccc1)N(Br)Cc1ccc(Cl)cc1Cl. The maximum absolute atomic E-state index is 12.1. The quantitative estimate of drug-likeness (QED) is 0.711. The van der Waals surface area contributed by atoms with Crippen molar-refractivity contribution in [1.29, 1.82) is 0 Å². The highest BCUT2D eigenvalue weighted by molar-refractivity contribution is 9.07. The highest BCUT2D eigenvalue weighted by atomic mass is 79.9. The molecule has 0 aliphatic carbocycles. The first kappa shape index (κ1) is 14.4. The van der Waals surface area contributed by atoms with E-state index in [9.17, 15) is 4.79 Å². The second-order valence-electron chi connectivity index (χ2n) is 3.93. The molecule has 2 nitrogen and oxygen atoms in total. The number of rotatable bonds is 3. The molecule has 0 saturated carbocycles. The first-order valence-electron chi connectivity index (χ1n) is 5.54. The van der Waals surface area contributed by atoms with Gasteiger partial charge in [-0.2, -0.15) is 0 Å². The van der Waals surface area contributed by atoms with Crippen LogP contribution in [0.15, 0.2) is 48.5 Å². The maximum Gasteiger partial charge on any atom is 0.264 e. The number of amides is 1. The third-order valence-electron chi connectivity index (χ3n) is 2.57. The van der Waals surface area contributed by atoms with Crippen molar-refractivity contribution >= 4 is 45.3 Å². The fraction of sp³-hybridized carbons (Fsp3) is 0.0714. The lowest BCUT2D eigenvalue weighted by Gasteiger charge is -2.15. The summed E-state index contributed by atoms with van der Waals surface area (Å²) in [7, 11) is 0. The van der Waals surface area contributed by atoms with E-state index in [-0.39, 0.29) is 5.91 Å². The number of nitrogens with zero attached hydrogens (tertiary/aromatic N) is 1. The normalized spacial score (nSPS) is 10.3. The van der Waals surface area contributed by atoms with Crippen molar-refractivity contribution in [2.45, 2.75) is 6.54 Å². The largest absolute Gasteiger partial charge is 0.270 e. The number of carbonyl (C=O) groups is 1. The van der Waals surface area contributed by atoms with E-state index >= 15 is 0 Å². The van der Waals surface area contributed by atoms with Gasteiger partial charge < -0.3 is 0 Å². The first-order chi connectivity index (χ1) is 9.08. The molecule has 0 saturated heterocycles. The van der Waals surface area contributed by atoms with Crippen LogP contribution in [0.4, 0.5) is 0 Å². The van der Waals surface area contributed by atoms with Gasteiger partial charge in [0.25, 0.3) is 5.91 Å². The van der Waals surface area contributed by atoms with Crippen LogP contribution >= 0.6 is 39.3 Å². The average molecular weight is 359 g/mol. The van der Waals surface area contributed by atoms with E-state index in [1.165, 1.54) is 3.93 Å². The summed E-state index contributed by atoms with van der Waals surface area (Å²) < 4.78 is 1.44. The molecule has 98 valence electrons. The van der Waals surface area contributed by atoms with Crippen molar-refractivity contribution in [3.8, 4) is 0 Å². The zero-order chi connectivity index (χ0) is 13.8. The van der Waals surface area contributed by atoms with Crippen LogP contribution in [0.5, 0.6) is 0 Å². The van der Waals surface area contributed by atoms with Crippen molar-refractivity contribution in [3.63, 3.8) is 0 Å². The van der Waals surface area contributed by atoms with E-state index in [2.05, 4.69) is 16.1 Å². The molecule has 0 unspecified atom stereocenters. The lowest BCUT2D eigenvalue weighted by atomic mass is 10.2. The van der Waals surface area contributed by atoms with Gasteiger partial charge >= 0.3 is 0 Å². The van der Waals surface area contributed by atoms with Crippen molar-refractivity contribution < 1.29 is 4.79 Å².